The van der Waals surface area contributed by atoms with Gasteiger partial charge in [0.15, 0.2) is 0 Å². The van der Waals surface area contributed by atoms with Crippen molar-refractivity contribution in [3.8, 4) is 28.9 Å². The van der Waals surface area contributed by atoms with Crippen molar-refractivity contribution in [1.29, 1.82) is 0 Å². The summed E-state index contributed by atoms with van der Waals surface area (Å²) >= 11 is 0. The molecule has 35 heavy (non-hydrogen) atoms. The Bertz CT molecular complexity index is 1110. The van der Waals surface area contributed by atoms with Crippen molar-refractivity contribution >= 4 is 0 Å². The van der Waals surface area contributed by atoms with Crippen LogP contribution in [-0.4, -0.2) is 34.5 Å². The van der Waals surface area contributed by atoms with E-state index < -0.39 is 6.10 Å². The molecule has 0 spiro atoms. The highest BCUT2D eigenvalue weighted by molar-refractivity contribution is 5.35. The molecule has 7 heteroatoms. The lowest BCUT2D eigenvalue weighted by atomic mass is 10.1. The van der Waals surface area contributed by atoms with Crippen LogP contribution in [0.5, 0.6) is 28.9 Å². The van der Waals surface area contributed by atoms with Gasteiger partial charge >= 0.3 is 0 Å². The van der Waals surface area contributed by atoms with Gasteiger partial charge in [0.05, 0.1) is 6.10 Å². The van der Waals surface area contributed by atoms with Crippen molar-refractivity contribution in [2.75, 3.05) is 13.2 Å². The second-order valence-corrected chi connectivity index (χ2v) is 7.64. The van der Waals surface area contributed by atoms with Crippen molar-refractivity contribution in [2.24, 2.45) is 5.73 Å². The predicted molar refractivity (Wildman–Crippen MR) is 135 cm³/mol. The molecule has 0 saturated carbocycles. The summed E-state index contributed by atoms with van der Waals surface area (Å²) in [6, 6.07) is 29.1. The summed E-state index contributed by atoms with van der Waals surface area (Å²) in [6.45, 7) is 2.59. The maximum absolute atomic E-state index is 9.21. The Kier molecular flexibility index (Phi) is 9.92. The third-order valence-electron chi connectivity index (χ3n) is 4.75. The number of benzene rings is 3. The number of hydrogen-bond donors (Lipinski definition) is 3. The van der Waals surface area contributed by atoms with E-state index in [9.17, 15) is 5.11 Å². The van der Waals surface area contributed by atoms with E-state index in [1.165, 1.54) is 12.1 Å². The molecular weight excluding hydrogens is 444 g/mol. The molecule has 2 unspecified atom stereocenters. The maximum Gasteiger partial charge on any atom is 0.213 e. The summed E-state index contributed by atoms with van der Waals surface area (Å²) in [5.41, 5.74) is 5.96. The standard InChI is InChI=1S/C20H19NO3.C8H11NO2/c1-16(23-20-9-5-6-14-21-20)15-22-17-10-12-19(13-11-17)24-18-7-3-2-4-8-18;9-5-8(11)6-1-3-7(10)4-2-6/h2-14,16H,15H2,1H3;1-4,8,10-11H,5,9H2. The quantitative estimate of drug-likeness (QED) is 0.310. The lowest BCUT2D eigenvalue weighted by Gasteiger charge is -2.15. The average molecular weight is 475 g/mol. The second kappa shape index (κ2) is 13.6. The number of aromatic hydroxyl groups is 1. The van der Waals surface area contributed by atoms with Crippen LogP contribution >= 0.6 is 0 Å². The fraction of sp³-hybridized carbons (Fsp3) is 0.179. The number of phenolic OH excluding ortho intramolecular Hbond substituents is 1. The molecule has 1 heterocycles. The number of aromatic nitrogens is 1. The molecule has 0 fully saturated rings. The maximum atomic E-state index is 9.21. The third kappa shape index (κ3) is 9.00. The minimum Gasteiger partial charge on any atom is -0.508 e. The first-order valence-electron chi connectivity index (χ1n) is 11.2. The molecule has 0 aliphatic rings. The Morgan fingerprint density at radius 2 is 1.43 bits per heavy atom. The number of nitrogens with two attached hydrogens (primary N) is 1. The molecule has 0 bridgehead atoms. The highest BCUT2D eigenvalue weighted by Gasteiger charge is 2.06. The number of para-hydroxylation sites is 1. The summed E-state index contributed by atoms with van der Waals surface area (Å²) in [5.74, 6) is 3.14. The highest BCUT2D eigenvalue weighted by atomic mass is 16.5. The van der Waals surface area contributed by atoms with Crippen molar-refractivity contribution in [3.63, 3.8) is 0 Å². The molecule has 2 atom stereocenters. The third-order valence-corrected chi connectivity index (χ3v) is 4.75. The Hall–Kier alpha value is -4.07. The van der Waals surface area contributed by atoms with Crippen LogP contribution in [0.3, 0.4) is 0 Å². The number of rotatable bonds is 9. The van der Waals surface area contributed by atoms with Gasteiger partial charge in [0.2, 0.25) is 5.88 Å². The minimum absolute atomic E-state index is 0.0971. The van der Waals surface area contributed by atoms with Crippen LogP contribution < -0.4 is 19.9 Å². The van der Waals surface area contributed by atoms with Gasteiger partial charge < -0.3 is 30.2 Å². The first-order chi connectivity index (χ1) is 17.0. The van der Waals surface area contributed by atoms with Gasteiger partial charge in [-0.3, -0.25) is 0 Å². The zero-order valence-corrected chi connectivity index (χ0v) is 19.5. The molecule has 4 aromatic rings. The van der Waals surface area contributed by atoms with Crippen LogP contribution in [0, 0.1) is 0 Å². The van der Waals surface area contributed by atoms with Gasteiger partial charge in [-0.2, -0.15) is 0 Å². The van der Waals surface area contributed by atoms with E-state index in [2.05, 4.69) is 4.98 Å². The van der Waals surface area contributed by atoms with Crippen LogP contribution in [0.2, 0.25) is 0 Å². The highest BCUT2D eigenvalue weighted by Crippen LogP contribution is 2.23. The summed E-state index contributed by atoms with van der Waals surface area (Å²) in [4.78, 5) is 4.13. The Morgan fingerprint density at radius 3 is 2.06 bits per heavy atom. The average Bonchev–Trinajstić information content (AvgIpc) is 2.90. The number of aliphatic hydroxyl groups excluding tert-OH is 1. The monoisotopic (exact) mass is 474 g/mol. The molecule has 0 saturated heterocycles. The Morgan fingerprint density at radius 1 is 0.800 bits per heavy atom. The number of aliphatic hydroxyl groups is 1. The number of ether oxygens (including phenoxy) is 3. The van der Waals surface area contributed by atoms with Crippen molar-refractivity contribution in [3.05, 3.63) is 109 Å². The van der Waals surface area contributed by atoms with Crippen LogP contribution in [0.4, 0.5) is 0 Å². The smallest absolute Gasteiger partial charge is 0.213 e. The van der Waals surface area contributed by atoms with Gasteiger partial charge in [-0.05, 0) is 67.1 Å². The van der Waals surface area contributed by atoms with Crippen LogP contribution in [0.1, 0.15) is 18.6 Å². The van der Waals surface area contributed by atoms with E-state index in [0.717, 1.165) is 22.8 Å². The summed E-state index contributed by atoms with van der Waals surface area (Å²) in [5, 5.41) is 18.1. The molecule has 3 aromatic carbocycles. The van der Waals surface area contributed by atoms with Gasteiger partial charge in [-0.25, -0.2) is 4.98 Å². The van der Waals surface area contributed by atoms with Gasteiger partial charge in [0.25, 0.3) is 0 Å². The van der Waals surface area contributed by atoms with Crippen LogP contribution in [0.15, 0.2) is 103 Å². The molecular formula is C28H30N2O5. The van der Waals surface area contributed by atoms with Crippen molar-refractivity contribution < 1.29 is 24.4 Å². The summed E-state index contributed by atoms with van der Waals surface area (Å²) < 4.78 is 17.2. The van der Waals surface area contributed by atoms with Gasteiger partial charge in [-0.15, -0.1) is 0 Å². The zero-order chi connectivity index (χ0) is 24.9. The fourth-order valence-corrected chi connectivity index (χ4v) is 2.93. The number of phenols is 1. The molecule has 0 aliphatic carbocycles. The molecule has 7 nitrogen and oxygen atoms in total. The normalized spacial score (nSPS) is 12.0. The van der Waals surface area contributed by atoms with Gasteiger partial charge in [-0.1, -0.05) is 36.4 Å². The van der Waals surface area contributed by atoms with Crippen molar-refractivity contribution in [1.82, 2.24) is 4.98 Å². The Balaban J connectivity index is 0.000000261. The van der Waals surface area contributed by atoms with Gasteiger partial charge in [0, 0.05) is 18.8 Å². The minimum atomic E-state index is -0.629. The first kappa shape index (κ1) is 25.6. The first-order valence-corrected chi connectivity index (χ1v) is 11.2. The molecule has 0 amide bonds. The van der Waals surface area contributed by atoms with E-state index in [-0.39, 0.29) is 18.4 Å². The predicted octanol–water partition coefficient (Wildman–Crippen LogP) is 5.10. The summed E-state index contributed by atoms with van der Waals surface area (Å²) in [7, 11) is 0. The van der Waals surface area contributed by atoms with E-state index in [0.29, 0.717) is 12.5 Å². The molecule has 0 radical (unpaired) electrons. The van der Waals surface area contributed by atoms with Crippen LogP contribution in [0.25, 0.3) is 0 Å². The molecule has 4 rings (SSSR count). The summed E-state index contributed by atoms with van der Waals surface area (Å²) in [6.07, 6.45) is 0.977. The van der Waals surface area contributed by atoms with E-state index in [4.69, 9.17) is 25.1 Å². The largest absolute Gasteiger partial charge is 0.508 e. The lowest BCUT2D eigenvalue weighted by Crippen LogP contribution is -2.21. The molecule has 1 aromatic heterocycles. The molecule has 4 N–H and O–H groups in total. The number of pyridine rings is 1. The van der Waals surface area contributed by atoms with E-state index >= 15 is 0 Å². The van der Waals surface area contributed by atoms with Crippen molar-refractivity contribution in [2.45, 2.75) is 19.1 Å². The van der Waals surface area contributed by atoms with E-state index in [1.807, 2.05) is 79.7 Å². The molecule has 0 aliphatic heterocycles. The van der Waals surface area contributed by atoms with Crippen LogP contribution in [-0.2, 0) is 0 Å². The zero-order valence-electron chi connectivity index (χ0n) is 19.5. The van der Waals surface area contributed by atoms with E-state index in [1.54, 1.807) is 18.3 Å². The number of nitrogens with zero attached hydrogens (tertiary/aromatic N) is 1. The fourth-order valence-electron chi connectivity index (χ4n) is 2.93. The van der Waals surface area contributed by atoms with Gasteiger partial charge in [0.1, 0.15) is 35.7 Å². The molecule has 182 valence electrons. The second-order valence-electron chi connectivity index (χ2n) is 7.64. The topological polar surface area (TPSA) is 107 Å². The SMILES string of the molecule is CC(COc1ccc(Oc2ccccc2)cc1)Oc1ccccn1.NCC(O)c1ccc(O)cc1. The number of hydrogen-bond acceptors (Lipinski definition) is 7. The lowest BCUT2D eigenvalue weighted by molar-refractivity contribution is 0.138. The Labute approximate surface area is 205 Å².